The molecule has 0 saturated carbocycles. The molecule has 1 aromatic heterocycles. The zero-order valence-corrected chi connectivity index (χ0v) is 10.2. The van der Waals surface area contributed by atoms with Crippen molar-refractivity contribution in [2.75, 3.05) is 31.6 Å². The van der Waals surface area contributed by atoms with Crippen LogP contribution in [0.4, 0.5) is 19.0 Å². The number of hydrogen-bond donors (Lipinski definition) is 1. The standard InChI is InChI=1S/C10H15F3N4O/c1-7-15-8(5-9(16-7)18-2)17(4-3-14)6-10(11,12)13/h5H,3-4,6,14H2,1-2H3. The largest absolute Gasteiger partial charge is 0.481 e. The number of methoxy groups -OCH3 is 1. The molecule has 1 rings (SSSR count). The quantitative estimate of drug-likeness (QED) is 0.863. The third-order valence-electron chi connectivity index (χ3n) is 2.10. The number of anilines is 1. The van der Waals surface area contributed by atoms with Crippen molar-refractivity contribution in [1.82, 2.24) is 9.97 Å². The molecule has 1 aromatic rings. The highest BCUT2D eigenvalue weighted by atomic mass is 19.4. The van der Waals surface area contributed by atoms with E-state index in [0.717, 1.165) is 4.90 Å². The minimum absolute atomic E-state index is 0.0547. The summed E-state index contributed by atoms with van der Waals surface area (Å²) < 4.78 is 42.2. The maximum Gasteiger partial charge on any atom is 0.405 e. The molecule has 102 valence electrons. The third kappa shape index (κ3) is 4.36. The van der Waals surface area contributed by atoms with Gasteiger partial charge in [0.05, 0.1) is 7.11 Å². The molecule has 1 heterocycles. The molecule has 18 heavy (non-hydrogen) atoms. The molecule has 0 aliphatic carbocycles. The van der Waals surface area contributed by atoms with E-state index in [9.17, 15) is 13.2 Å². The van der Waals surface area contributed by atoms with Crippen molar-refractivity contribution in [3.05, 3.63) is 11.9 Å². The van der Waals surface area contributed by atoms with Crippen LogP contribution in [0.3, 0.4) is 0 Å². The average Bonchev–Trinajstić information content (AvgIpc) is 2.26. The minimum atomic E-state index is -4.32. The number of aryl methyl sites for hydroxylation is 1. The summed E-state index contributed by atoms with van der Waals surface area (Å²) in [5.41, 5.74) is 5.31. The smallest absolute Gasteiger partial charge is 0.405 e. The van der Waals surface area contributed by atoms with Crippen molar-refractivity contribution in [3.8, 4) is 5.88 Å². The van der Waals surface area contributed by atoms with Gasteiger partial charge in [0, 0.05) is 19.2 Å². The van der Waals surface area contributed by atoms with Crippen LogP contribution in [-0.4, -0.2) is 42.9 Å². The average molecular weight is 264 g/mol. The summed E-state index contributed by atoms with van der Waals surface area (Å²) in [7, 11) is 1.39. The lowest BCUT2D eigenvalue weighted by molar-refractivity contribution is -0.119. The Balaban J connectivity index is 3.01. The zero-order valence-electron chi connectivity index (χ0n) is 10.2. The molecule has 0 bridgehead atoms. The van der Waals surface area contributed by atoms with Crippen molar-refractivity contribution in [1.29, 1.82) is 0 Å². The summed E-state index contributed by atoms with van der Waals surface area (Å²) in [5, 5.41) is 0. The minimum Gasteiger partial charge on any atom is -0.481 e. The number of hydrogen-bond acceptors (Lipinski definition) is 5. The van der Waals surface area contributed by atoms with Crippen LogP contribution in [0.25, 0.3) is 0 Å². The first-order valence-electron chi connectivity index (χ1n) is 5.27. The maximum atomic E-state index is 12.4. The summed E-state index contributed by atoms with van der Waals surface area (Å²) in [4.78, 5) is 8.94. The molecule has 0 spiro atoms. The number of alkyl halides is 3. The Labute approximate surface area is 103 Å². The Morgan fingerprint density at radius 2 is 2.06 bits per heavy atom. The van der Waals surface area contributed by atoms with Gasteiger partial charge < -0.3 is 15.4 Å². The van der Waals surface area contributed by atoms with Crippen molar-refractivity contribution in [3.63, 3.8) is 0 Å². The third-order valence-corrected chi connectivity index (χ3v) is 2.10. The van der Waals surface area contributed by atoms with Crippen LogP contribution >= 0.6 is 0 Å². The fourth-order valence-electron chi connectivity index (χ4n) is 1.44. The van der Waals surface area contributed by atoms with Crippen LogP contribution in [0.5, 0.6) is 5.88 Å². The molecule has 0 aromatic carbocycles. The van der Waals surface area contributed by atoms with Gasteiger partial charge in [0.1, 0.15) is 18.2 Å². The van der Waals surface area contributed by atoms with Gasteiger partial charge in [-0.2, -0.15) is 18.2 Å². The molecule has 8 heteroatoms. The van der Waals surface area contributed by atoms with E-state index < -0.39 is 12.7 Å². The van der Waals surface area contributed by atoms with Gasteiger partial charge in [0.25, 0.3) is 0 Å². The topological polar surface area (TPSA) is 64.3 Å². The number of aromatic nitrogens is 2. The van der Waals surface area contributed by atoms with E-state index in [1.54, 1.807) is 6.92 Å². The number of nitrogens with two attached hydrogens (primary N) is 1. The van der Waals surface area contributed by atoms with Crippen LogP contribution < -0.4 is 15.4 Å². The van der Waals surface area contributed by atoms with Crippen molar-refractivity contribution in [2.24, 2.45) is 5.73 Å². The number of nitrogens with zero attached hydrogens (tertiary/aromatic N) is 3. The number of halogens is 3. The van der Waals surface area contributed by atoms with E-state index in [4.69, 9.17) is 10.5 Å². The normalized spacial score (nSPS) is 11.4. The Morgan fingerprint density at radius 1 is 1.39 bits per heavy atom. The highest BCUT2D eigenvalue weighted by Gasteiger charge is 2.31. The highest BCUT2D eigenvalue weighted by molar-refractivity contribution is 5.42. The Morgan fingerprint density at radius 3 is 2.56 bits per heavy atom. The van der Waals surface area contributed by atoms with Crippen molar-refractivity contribution < 1.29 is 17.9 Å². The van der Waals surface area contributed by atoms with E-state index in [1.807, 2.05) is 0 Å². The number of ether oxygens (including phenoxy) is 1. The zero-order chi connectivity index (χ0) is 13.8. The van der Waals surface area contributed by atoms with Gasteiger partial charge in [-0.25, -0.2) is 4.98 Å². The first-order chi connectivity index (χ1) is 8.35. The molecular weight excluding hydrogens is 249 g/mol. The van der Waals surface area contributed by atoms with E-state index in [-0.39, 0.29) is 24.8 Å². The van der Waals surface area contributed by atoms with Gasteiger partial charge in [-0.15, -0.1) is 0 Å². The fraction of sp³-hybridized carbons (Fsp3) is 0.600. The van der Waals surface area contributed by atoms with Gasteiger partial charge in [-0.3, -0.25) is 0 Å². The Kier molecular flexibility index (Phi) is 4.71. The van der Waals surface area contributed by atoms with Gasteiger partial charge in [-0.05, 0) is 6.92 Å². The SMILES string of the molecule is COc1cc(N(CCN)CC(F)(F)F)nc(C)n1. The van der Waals surface area contributed by atoms with Crippen molar-refractivity contribution >= 4 is 5.82 Å². The summed E-state index contributed by atoms with van der Waals surface area (Å²) >= 11 is 0. The molecule has 0 aliphatic rings. The number of rotatable bonds is 5. The highest BCUT2D eigenvalue weighted by Crippen LogP contribution is 2.22. The second kappa shape index (κ2) is 5.85. The molecule has 0 atom stereocenters. The monoisotopic (exact) mass is 264 g/mol. The van der Waals surface area contributed by atoms with E-state index in [2.05, 4.69) is 9.97 Å². The second-order valence-corrected chi connectivity index (χ2v) is 3.64. The van der Waals surface area contributed by atoms with Gasteiger partial charge >= 0.3 is 6.18 Å². The van der Waals surface area contributed by atoms with Crippen LogP contribution in [-0.2, 0) is 0 Å². The summed E-state index contributed by atoms with van der Waals surface area (Å²) in [5.74, 6) is 0.720. The second-order valence-electron chi connectivity index (χ2n) is 3.64. The lowest BCUT2D eigenvalue weighted by Gasteiger charge is -2.24. The summed E-state index contributed by atoms with van der Waals surface area (Å²) in [6.07, 6.45) is -4.32. The first-order valence-corrected chi connectivity index (χ1v) is 5.27. The van der Waals surface area contributed by atoms with E-state index >= 15 is 0 Å². The van der Waals surface area contributed by atoms with Gasteiger partial charge in [0.15, 0.2) is 0 Å². The molecule has 0 fully saturated rings. The predicted molar refractivity (Wildman–Crippen MR) is 60.6 cm³/mol. The van der Waals surface area contributed by atoms with Crippen LogP contribution in [0.15, 0.2) is 6.07 Å². The lowest BCUT2D eigenvalue weighted by atomic mass is 10.4. The maximum absolute atomic E-state index is 12.4. The molecule has 5 nitrogen and oxygen atoms in total. The van der Waals surface area contributed by atoms with Gasteiger partial charge in [-0.1, -0.05) is 0 Å². The van der Waals surface area contributed by atoms with E-state index in [0.29, 0.717) is 5.82 Å². The Bertz CT molecular complexity index is 397. The molecule has 0 saturated heterocycles. The molecule has 0 unspecified atom stereocenters. The molecule has 2 N–H and O–H groups in total. The predicted octanol–water partition coefficient (Wildman–Crippen LogP) is 1.12. The molecular formula is C10H15F3N4O. The van der Waals surface area contributed by atoms with E-state index in [1.165, 1.54) is 13.2 Å². The summed E-state index contributed by atoms with van der Waals surface area (Å²) in [6.45, 7) is 0.630. The molecule has 0 amide bonds. The van der Waals surface area contributed by atoms with Gasteiger partial charge in [0.2, 0.25) is 5.88 Å². The Hall–Kier alpha value is -1.57. The lowest BCUT2D eigenvalue weighted by Crippen LogP contribution is -2.38. The van der Waals surface area contributed by atoms with Crippen molar-refractivity contribution in [2.45, 2.75) is 13.1 Å². The van der Waals surface area contributed by atoms with Crippen LogP contribution in [0, 0.1) is 6.92 Å². The molecule has 0 aliphatic heterocycles. The summed E-state index contributed by atoms with van der Waals surface area (Å²) in [6, 6.07) is 1.36. The fourth-order valence-corrected chi connectivity index (χ4v) is 1.44. The van der Waals surface area contributed by atoms with Crippen LogP contribution in [0.1, 0.15) is 5.82 Å². The molecule has 0 radical (unpaired) electrons. The first kappa shape index (κ1) is 14.5. The van der Waals surface area contributed by atoms with Crippen LogP contribution in [0.2, 0.25) is 0 Å².